The van der Waals surface area contributed by atoms with E-state index >= 15 is 0 Å². The van der Waals surface area contributed by atoms with Crippen LogP contribution in [0.3, 0.4) is 0 Å². The molecule has 1 rings (SSSR count). The lowest BCUT2D eigenvalue weighted by molar-refractivity contribution is 0.253. The van der Waals surface area contributed by atoms with E-state index in [1.54, 1.807) is 7.11 Å². The molecule has 3 nitrogen and oxygen atoms in total. The Balaban J connectivity index is 2.70. The molecule has 0 saturated heterocycles. The predicted molar refractivity (Wildman–Crippen MR) is 84.5 cm³/mol. The minimum atomic E-state index is 0.577. The van der Waals surface area contributed by atoms with Crippen molar-refractivity contribution in [2.75, 3.05) is 20.3 Å². The minimum Gasteiger partial charge on any atom is -0.497 e. The van der Waals surface area contributed by atoms with E-state index in [1.807, 2.05) is 12.1 Å². The van der Waals surface area contributed by atoms with Gasteiger partial charge in [-0.25, -0.2) is 0 Å². The third-order valence-corrected chi connectivity index (χ3v) is 3.36. The van der Waals surface area contributed by atoms with E-state index in [-0.39, 0.29) is 0 Å². The van der Waals surface area contributed by atoms with Crippen LogP contribution in [-0.4, -0.2) is 20.3 Å². The van der Waals surface area contributed by atoms with Crippen molar-refractivity contribution in [2.24, 2.45) is 11.8 Å². The van der Waals surface area contributed by atoms with E-state index in [9.17, 15) is 0 Å². The van der Waals surface area contributed by atoms with E-state index in [0.29, 0.717) is 11.8 Å². The second kappa shape index (κ2) is 8.85. The van der Waals surface area contributed by atoms with Crippen LogP contribution < -0.4 is 14.8 Å². The van der Waals surface area contributed by atoms with Crippen LogP contribution in [0.4, 0.5) is 0 Å². The van der Waals surface area contributed by atoms with Crippen molar-refractivity contribution < 1.29 is 9.47 Å². The average Bonchev–Trinajstić information content (AvgIpc) is 2.44. The lowest BCUT2D eigenvalue weighted by Gasteiger charge is -2.16. The van der Waals surface area contributed by atoms with Crippen LogP contribution in [0.1, 0.15) is 39.7 Å². The second-order valence-electron chi connectivity index (χ2n) is 5.82. The fourth-order valence-corrected chi connectivity index (χ4v) is 1.81. The zero-order valence-corrected chi connectivity index (χ0v) is 13.5. The van der Waals surface area contributed by atoms with Crippen molar-refractivity contribution in [3.05, 3.63) is 23.8 Å². The van der Waals surface area contributed by atoms with Crippen molar-refractivity contribution in [1.29, 1.82) is 0 Å². The number of ether oxygens (including phenoxy) is 2. The maximum atomic E-state index is 5.95. The van der Waals surface area contributed by atoms with Crippen molar-refractivity contribution in [1.82, 2.24) is 5.32 Å². The van der Waals surface area contributed by atoms with Gasteiger partial charge < -0.3 is 14.8 Å². The molecule has 0 bridgehead atoms. The van der Waals surface area contributed by atoms with Crippen molar-refractivity contribution in [2.45, 2.75) is 40.7 Å². The van der Waals surface area contributed by atoms with Crippen molar-refractivity contribution in [3.63, 3.8) is 0 Å². The summed E-state index contributed by atoms with van der Waals surface area (Å²) in [6, 6.07) is 6.02. The molecule has 1 unspecified atom stereocenters. The quantitative estimate of drug-likeness (QED) is 0.744. The molecule has 0 aliphatic rings. The largest absolute Gasteiger partial charge is 0.497 e. The van der Waals surface area contributed by atoms with Gasteiger partial charge in [0.05, 0.1) is 13.7 Å². The normalized spacial score (nSPS) is 12.5. The molecule has 0 saturated carbocycles. The fraction of sp³-hybridized carbons (Fsp3) is 0.647. The summed E-state index contributed by atoms with van der Waals surface area (Å²) in [6.07, 6.45) is 1.14. The summed E-state index contributed by atoms with van der Waals surface area (Å²) in [6.45, 7) is 11.4. The Morgan fingerprint density at radius 3 is 2.55 bits per heavy atom. The van der Waals surface area contributed by atoms with Crippen LogP contribution >= 0.6 is 0 Å². The Bertz CT molecular complexity index is 391. The minimum absolute atomic E-state index is 0.577. The summed E-state index contributed by atoms with van der Waals surface area (Å²) < 4.78 is 11.3. The molecule has 0 aliphatic carbocycles. The number of rotatable bonds is 9. The van der Waals surface area contributed by atoms with E-state index in [0.717, 1.165) is 43.2 Å². The van der Waals surface area contributed by atoms with Gasteiger partial charge in [-0.15, -0.1) is 0 Å². The zero-order valence-electron chi connectivity index (χ0n) is 13.5. The maximum Gasteiger partial charge on any atom is 0.124 e. The molecule has 0 fully saturated rings. The Hall–Kier alpha value is -1.22. The van der Waals surface area contributed by atoms with Crippen LogP contribution in [-0.2, 0) is 6.54 Å². The summed E-state index contributed by atoms with van der Waals surface area (Å²) in [4.78, 5) is 0. The molecule has 0 heterocycles. The third-order valence-electron chi connectivity index (χ3n) is 3.36. The molecular weight excluding hydrogens is 250 g/mol. The van der Waals surface area contributed by atoms with Crippen LogP contribution in [0.25, 0.3) is 0 Å². The summed E-state index contributed by atoms with van der Waals surface area (Å²) in [7, 11) is 1.69. The molecule has 1 aromatic rings. The molecule has 0 aromatic heterocycles. The summed E-state index contributed by atoms with van der Waals surface area (Å²) >= 11 is 0. The molecule has 114 valence electrons. The molecule has 1 aromatic carbocycles. The van der Waals surface area contributed by atoms with Gasteiger partial charge in [0.25, 0.3) is 0 Å². The first-order valence-electron chi connectivity index (χ1n) is 7.57. The Morgan fingerprint density at radius 1 is 1.20 bits per heavy atom. The summed E-state index contributed by atoms with van der Waals surface area (Å²) in [5.41, 5.74) is 1.16. The van der Waals surface area contributed by atoms with E-state index in [4.69, 9.17) is 9.47 Å². The maximum absolute atomic E-state index is 5.95. The first-order chi connectivity index (χ1) is 9.56. The number of methoxy groups -OCH3 is 1. The SMILES string of the molecule is CCC(C)COc1ccc(OC)cc1CNCC(C)C. The summed E-state index contributed by atoms with van der Waals surface area (Å²) in [5, 5.41) is 3.46. The summed E-state index contributed by atoms with van der Waals surface area (Å²) in [5.74, 6) is 3.06. The zero-order chi connectivity index (χ0) is 15.0. The molecule has 0 spiro atoms. The first kappa shape index (κ1) is 16.8. The van der Waals surface area contributed by atoms with Gasteiger partial charge in [-0.2, -0.15) is 0 Å². The topological polar surface area (TPSA) is 30.5 Å². The van der Waals surface area contributed by atoms with Gasteiger partial charge in [0, 0.05) is 12.1 Å². The molecule has 0 aliphatic heterocycles. The predicted octanol–water partition coefficient (Wildman–Crippen LogP) is 3.87. The molecule has 20 heavy (non-hydrogen) atoms. The van der Waals surface area contributed by atoms with Gasteiger partial charge in [-0.3, -0.25) is 0 Å². The average molecular weight is 279 g/mol. The van der Waals surface area contributed by atoms with Crippen LogP contribution in [0.15, 0.2) is 18.2 Å². The molecule has 0 radical (unpaired) electrons. The first-order valence-corrected chi connectivity index (χ1v) is 7.57. The van der Waals surface area contributed by atoms with Gasteiger partial charge >= 0.3 is 0 Å². The van der Waals surface area contributed by atoms with E-state index < -0.39 is 0 Å². The van der Waals surface area contributed by atoms with Gasteiger partial charge in [0.15, 0.2) is 0 Å². The molecule has 0 amide bonds. The number of hydrogen-bond donors (Lipinski definition) is 1. The molecule has 1 atom stereocenters. The van der Waals surface area contributed by atoms with Gasteiger partial charge in [0.2, 0.25) is 0 Å². The Kier molecular flexibility index (Phi) is 7.45. The van der Waals surface area contributed by atoms with Crippen LogP contribution in [0, 0.1) is 11.8 Å². The highest BCUT2D eigenvalue weighted by molar-refractivity contribution is 5.40. The van der Waals surface area contributed by atoms with Gasteiger partial charge in [-0.1, -0.05) is 34.1 Å². The van der Waals surface area contributed by atoms with E-state index in [2.05, 4.69) is 39.1 Å². The van der Waals surface area contributed by atoms with Crippen LogP contribution in [0.5, 0.6) is 11.5 Å². The Labute approximate surface area is 123 Å². The lowest BCUT2D eigenvalue weighted by atomic mass is 10.1. The van der Waals surface area contributed by atoms with Gasteiger partial charge in [-0.05, 0) is 36.6 Å². The highest BCUT2D eigenvalue weighted by atomic mass is 16.5. The number of nitrogens with one attached hydrogen (secondary N) is 1. The van der Waals surface area contributed by atoms with Crippen molar-refractivity contribution in [3.8, 4) is 11.5 Å². The van der Waals surface area contributed by atoms with Gasteiger partial charge in [0.1, 0.15) is 11.5 Å². The lowest BCUT2D eigenvalue weighted by Crippen LogP contribution is -2.20. The second-order valence-corrected chi connectivity index (χ2v) is 5.82. The fourth-order valence-electron chi connectivity index (χ4n) is 1.81. The monoisotopic (exact) mass is 279 g/mol. The number of benzene rings is 1. The highest BCUT2D eigenvalue weighted by Gasteiger charge is 2.08. The molecule has 1 N–H and O–H groups in total. The third kappa shape index (κ3) is 5.83. The smallest absolute Gasteiger partial charge is 0.124 e. The van der Waals surface area contributed by atoms with E-state index in [1.165, 1.54) is 0 Å². The Morgan fingerprint density at radius 2 is 1.95 bits per heavy atom. The standard InChI is InChI=1S/C17H29NO2/c1-6-14(4)12-20-17-8-7-16(19-5)9-15(17)11-18-10-13(2)3/h7-9,13-14,18H,6,10-12H2,1-5H3. The molecular formula is C17H29NO2. The van der Waals surface area contributed by atoms with Crippen molar-refractivity contribution >= 4 is 0 Å². The highest BCUT2D eigenvalue weighted by Crippen LogP contribution is 2.25. The number of hydrogen-bond acceptors (Lipinski definition) is 3. The van der Waals surface area contributed by atoms with Crippen LogP contribution in [0.2, 0.25) is 0 Å². The molecule has 3 heteroatoms.